The quantitative estimate of drug-likeness (QED) is 0.132. The van der Waals surface area contributed by atoms with Crippen molar-refractivity contribution in [3.8, 4) is 27.4 Å². The molecule has 4 aromatic rings. The summed E-state index contributed by atoms with van der Waals surface area (Å²) in [5.41, 5.74) is 11.9. The number of unbranched alkanes of at least 4 members (excludes halogenated alkanes) is 2. The lowest BCUT2D eigenvalue weighted by Gasteiger charge is -2.36. The van der Waals surface area contributed by atoms with Gasteiger partial charge in [0.05, 0.1) is 33.5 Å². The van der Waals surface area contributed by atoms with E-state index in [9.17, 15) is 29.4 Å². The minimum atomic E-state index is -1.12. The van der Waals surface area contributed by atoms with Gasteiger partial charge in [0.2, 0.25) is 23.6 Å². The predicted molar refractivity (Wildman–Crippen MR) is 230 cm³/mol. The molecule has 2 saturated heterocycles. The number of hydrogen-bond acceptors (Lipinski definition) is 12. The third kappa shape index (κ3) is 10.6. The highest BCUT2D eigenvalue weighted by molar-refractivity contribution is 7.13. The van der Waals surface area contributed by atoms with E-state index in [0.29, 0.717) is 68.8 Å². The number of carbonyl (C=O) groups excluding carboxylic acids is 4. The Balaban J connectivity index is 0.943. The molecule has 16 heteroatoms. The Morgan fingerprint density at radius 2 is 1.67 bits per heavy atom. The molecule has 6 rings (SSSR count). The summed E-state index contributed by atoms with van der Waals surface area (Å²) in [5, 5.41) is 37.2. The molecule has 0 aliphatic carbocycles. The maximum Gasteiger partial charge on any atom is 0.246 e. The normalized spacial score (nSPS) is 17.9. The van der Waals surface area contributed by atoms with Crippen molar-refractivity contribution in [1.82, 2.24) is 35.6 Å². The smallest absolute Gasteiger partial charge is 0.246 e. The molecule has 320 valence electrons. The maximum absolute atomic E-state index is 14.0. The van der Waals surface area contributed by atoms with Gasteiger partial charge >= 0.3 is 0 Å². The van der Waals surface area contributed by atoms with Crippen LogP contribution in [0.3, 0.4) is 0 Å². The molecule has 0 radical (unpaired) electrons. The van der Waals surface area contributed by atoms with E-state index < -0.39 is 35.4 Å². The molecule has 4 atom stereocenters. The molecular formula is C44H56N9O6S-. The molecule has 2 aromatic carbocycles. The van der Waals surface area contributed by atoms with Crippen LogP contribution in [0.2, 0.25) is 0 Å². The molecule has 0 unspecified atom stereocenters. The van der Waals surface area contributed by atoms with E-state index in [1.807, 2.05) is 81.4 Å². The minimum absolute atomic E-state index is 0.00827. The zero-order valence-corrected chi connectivity index (χ0v) is 35.8. The van der Waals surface area contributed by atoms with Gasteiger partial charge < -0.3 is 41.3 Å². The number of likely N-dealkylation sites (tertiary alicyclic amines) is 1. The summed E-state index contributed by atoms with van der Waals surface area (Å²) in [6.07, 6.45) is 1.20. The van der Waals surface area contributed by atoms with E-state index in [1.165, 1.54) is 4.90 Å². The highest BCUT2D eigenvalue weighted by Gasteiger charge is 2.43. The Hall–Kier alpha value is -5.61. The number of thiazole rings is 1. The molecule has 2 aromatic heterocycles. The van der Waals surface area contributed by atoms with Gasteiger partial charge in [-0.1, -0.05) is 63.6 Å². The number of anilines is 2. The van der Waals surface area contributed by atoms with Crippen molar-refractivity contribution >= 4 is 46.5 Å². The summed E-state index contributed by atoms with van der Waals surface area (Å²) in [6.45, 7) is 11.4. The molecular weight excluding hydrogens is 783 g/mol. The van der Waals surface area contributed by atoms with Crippen LogP contribution in [0.25, 0.3) is 21.7 Å². The molecule has 0 spiro atoms. The predicted octanol–water partition coefficient (Wildman–Crippen LogP) is 4.20. The van der Waals surface area contributed by atoms with Crippen LogP contribution in [0.1, 0.15) is 83.5 Å². The summed E-state index contributed by atoms with van der Waals surface area (Å²) in [7, 11) is 0. The van der Waals surface area contributed by atoms with E-state index in [1.54, 1.807) is 29.5 Å². The fourth-order valence-corrected chi connectivity index (χ4v) is 8.60. The van der Waals surface area contributed by atoms with Gasteiger partial charge in [-0.15, -0.1) is 27.6 Å². The standard InChI is InChI=1S/C44H56N9O6S/c1-27(29-15-17-30(18-16-29)39-28(2)46-26-60-39)47-42(58)35-23-31(54)25-53(35)43(59)40(44(3,4)5)48-37(56)13-7-6-8-14-38(57)52-21-19-51(20-22-52)34-24-33(49-50-41(34)45)32-11-9-10-12-36(32)55/h9-12,15-18,24,26-27,31,35,40,55H,6-8,13-14,19-23,25H2,1-5H3,(H2,45,50)(H,47,58)(H,48,56)/q-1/t27-,31+,35-,40+/m0/s1. The van der Waals surface area contributed by atoms with Crippen molar-refractivity contribution in [2.24, 2.45) is 5.41 Å². The van der Waals surface area contributed by atoms with Crippen LogP contribution in [0, 0.1) is 12.3 Å². The van der Waals surface area contributed by atoms with Crippen LogP contribution in [0.15, 0.2) is 60.1 Å². The number of benzene rings is 2. The highest BCUT2D eigenvalue weighted by Crippen LogP contribution is 2.33. The summed E-state index contributed by atoms with van der Waals surface area (Å²) in [6, 6.07) is 14.3. The second-order valence-electron chi connectivity index (χ2n) is 16.8. The molecule has 2 fully saturated rings. The van der Waals surface area contributed by atoms with E-state index in [0.717, 1.165) is 21.7 Å². The van der Waals surface area contributed by atoms with Crippen molar-refractivity contribution in [3.05, 3.63) is 71.4 Å². The Morgan fingerprint density at radius 1 is 0.967 bits per heavy atom. The van der Waals surface area contributed by atoms with Crippen LogP contribution < -0.4 is 26.4 Å². The van der Waals surface area contributed by atoms with E-state index in [-0.39, 0.29) is 48.8 Å². The van der Waals surface area contributed by atoms with Crippen LogP contribution >= 0.6 is 11.3 Å². The summed E-state index contributed by atoms with van der Waals surface area (Å²) < 4.78 is 0. The lowest BCUT2D eigenvalue weighted by Crippen LogP contribution is -2.58. The van der Waals surface area contributed by atoms with E-state index in [4.69, 9.17) is 5.73 Å². The number of phenols is 1. The number of amides is 4. The Kier molecular flexibility index (Phi) is 14.1. The number of hydrogen-bond donors (Lipinski definition) is 4. The Bertz CT molecular complexity index is 2150. The SMILES string of the molecule is Cc1ncsc1-c1ccc([C@H](C)NC(=O)[C@@H]2C[C@@H]([O-])CN2C(=O)[C@@H](NC(=O)CCCCCC(=O)N2CCN(c3cc(-c4ccccc4O)nnc3N)CC2)C(C)(C)C)cc1. The van der Waals surface area contributed by atoms with Gasteiger partial charge in [0.25, 0.3) is 0 Å². The first-order valence-corrected chi connectivity index (χ1v) is 21.5. The van der Waals surface area contributed by atoms with Crippen molar-refractivity contribution in [2.75, 3.05) is 43.4 Å². The Morgan fingerprint density at radius 3 is 2.33 bits per heavy atom. The van der Waals surface area contributed by atoms with Gasteiger partial charge in [-0.3, -0.25) is 19.2 Å². The number of rotatable bonds is 14. The number of aromatic nitrogens is 3. The average molecular weight is 839 g/mol. The van der Waals surface area contributed by atoms with Gasteiger partial charge in [-0.05, 0) is 67.9 Å². The first-order valence-electron chi connectivity index (χ1n) is 20.6. The van der Waals surface area contributed by atoms with Crippen LogP contribution in [-0.4, -0.2) is 105 Å². The van der Waals surface area contributed by atoms with Gasteiger partial charge in [0.15, 0.2) is 5.82 Å². The third-order valence-corrected chi connectivity index (χ3v) is 12.3. The van der Waals surface area contributed by atoms with Crippen molar-refractivity contribution < 1.29 is 29.4 Å². The number of aryl methyl sites for hydroxylation is 1. The van der Waals surface area contributed by atoms with Gasteiger partial charge in [0, 0.05) is 51.1 Å². The maximum atomic E-state index is 14.0. The number of para-hydroxylation sites is 1. The average Bonchev–Trinajstić information content (AvgIpc) is 3.84. The first kappa shape index (κ1) is 44.0. The zero-order valence-electron chi connectivity index (χ0n) is 35.0. The molecule has 4 amide bonds. The first-order chi connectivity index (χ1) is 28.6. The van der Waals surface area contributed by atoms with E-state index >= 15 is 0 Å². The Labute approximate surface area is 355 Å². The zero-order chi connectivity index (χ0) is 43.1. The second kappa shape index (κ2) is 19.2. The lowest BCUT2D eigenvalue weighted by atomic mass is 9.85. The topological polar surface area (TPSA) is 210 Å². The number of nitrogens with two attached hydrogens (primary N) is 1. The summed E-state index contributed by atoms with van der Waals surface area (Å²) >= 11 is 1.57. The number of aromatic hydroxyl groups is 1. The lowest BCUT2D eigenvalue weighted by molar-refractivity contribution is -0.414. The van der Waals surface area contributed by atoms with Crippen molar-refractivity contribution in [1.29, 1.82) is 0 Å². The van der Waals surface area contributed by atoms with Crippen LogP contribution in [-0.2, 0) is 19.2 Å². The summed E-state index contributed by atoms with van der Waals surface area (Å²) in [5.74, 6) is -0.725. The van der Waals surface area contributed by atoms with Gasteiger partial charge in [-0.2, -0.15) is 0 Å². The monoisotopic (exact) mass is 838 g/mol. The van der Waals surface area contributed by atoms with Crippen molar-refractivity contribution in [3.63, 3.8) is 0 Å². The second-order valence-corrected chi connectivity index (χ2v) is 17.7. The number of phenolic OH excluding ortho intramolecular Hbond substituents is 1. The van der Waals surface area contributed by atoms with Crippen molar-refractivity contribution in [2.45, 2.75) is 97.4 Å². The fraction of sp³-hybridized carbons (Fsp3) is 0.477. The third-order valence-electron chi connectivity index (χ3n) is 11.3. The number of nitrogens with zero attached hydrogens (tertiary/aromatic N) is 6. The van der Waals surface area contributed by atoms with Gasteiger partial charge in [-0.25, -0.2) is 4.98 Å². The largest absolute Gasteiger partial charge is 0.851 e. The molecule has 0 saturated carbocycles. The number of carbonyl (C=O) groups is 4. The number of nitrogens with one attached hydrogen (secondary N) is 2. The molecule has 5 N–H and O–H groups in total. The van der Waals surface area contributed by atoms with Crippen LogP contribution in [0.4, 0.5) is 11.5 Å². The molecule has 4 heterocycles. The van der Waals surface area contributed by atoms with E-state index in [2.05, 4.69) is 30.7 Å². The molecule has 2 aliphatic heterocycles. The molecule has 15 nitrogen and oxygen atoms in total. The fourth-order valence-electron chi connectivity index (χ4n) is 7.79. The molecule has 2 aliphatic rings. The summed E-state index contributed by atoms with van der Waals surface area (Å²) in [4.78, 5) is 64.6. The minimum Gasteiger partial charge on any atom is -0.851 e. The van der Waals surface area contributed by atoms with Crippen LogP contribution in [0.5, 0.6) is 5.75 Å². The number of nitrogen functional groups attached to an aromatic ring is 1. The molecule has 0 bridgehead atoms. The highest BCUT2D eigenvalue weighted by atomic mass is 32.1. The number of piperazine rings is 1. The van der Waals surface area contributed by atoms with Gasteiger partial charge in [0.1, 0.15) is 17.8 Å². The molecule has 60 heavy (non-hydrogen) atoms.